The van der Waals surface area contributed by atoms with Gasteiger partial charge in [-0.05, 0) is 35.9 Å². The summed E-state index contributed by atoms with van der Waals surface area (Å²) >= 11 is 5.23. The van der Waals surface area contributed by atoms with E-state index in [0.29, 0.717) is 0 Å². The van der Waals surface area contributed by atoms with E-state index in [1.807, 2.05) is 36.5 Å². The van der Waals surface area contributed by atoms with Crippen molar-refractivity contribution in [3.05, 3.63) is 64.8 Å². The smallest absolute Gasteiger partial charge is 0.0705 e. The van der Waals surface area contributed by atoms with Crippen molar-refractivity contribution in [3.8, 4) is 0 Å². The molecule has 0 bridgehead atoms. The molecule has 0 radical (unpaired) electrons. The maximum absolute atomic E-state index is 6.01. The van der Waals surface area contributed by atoms with E-state index in [4.69, 9.17) is 5.73 Å². The van der Waals surface area contributed by atoms with Crippen LogP contribution in [0, 0.1) is 0 Å². The van der Waals surface area contributed by atoms with E-state index in [-0.39, 0.29) is 0 Å². The fourth-order valence-electron chi connectivity index (χ4n) is 2.07. The van der Waals surface area contributed by atoms with Gasteiger partial charge in [-0.3, -0.25) is 4.98 Å². The third-order valence-electron chi connectivity index (χ3n) is 3.10. The first-order chi connectivity index (χ1) is 9.74. The highest BCUT2D eigenvalue weighted by atomic mass is 79.9. The van der Waals surface area contributed by atoms with Gasteiger partial charge in [-0.2, -0.15) is 0 Å². The van der Waals surface area contributed by atoms with Crippen LogP contribution in [-0.4, -0.2) is 4.98 Å². The summed E-state index contributed by atoms with van der Waals surface area (Å²) in [7, 11) is 0. The SMILES string of the molecule is Nc1ccc(Br)cc1SCc1ccnc2ccccc12. The van der Waals surface area contributed by atoms with Gasteiger partial charge < -0.3 is 5.73 Å². The predicted molar refractivity (Wildman–Crippen MR) is 89.9 cm³/mol. The van der Waals surface area contributed by atoms with Crippen molar-refractivity contribution in [2.24, 2.45) is 0 Å². The molecule has 0 aliphatic heterocycles. The largest absolute Gasteiger partial charge is 0.398 e. The average molecular weight is 345 g/mol. The zero-order valence-electron chi connectivity index (χ0n) is 10.7. The van der Waals surface area contributed by atoms with E-state index >= 15 is 0 Å². The molecule has 0 saturated carbocycles. The van der Waals surface area contributed by atoms with Gasteiger partial charge in [-0.15, -0.1) is 11.8 Å². The average Bonchev–Trinajstić information content (AvgIpc) is 2.48. The Kier molecular flexibility index (Phi) is 3.94. The number of nitrogen functional groups attached to an aromatic ring is 1. The van der Waals surface area contributed by atoms with E-state index in [2.05, 4.69) is 39.1 Å². The molecule has 0 unspecified atom stereocenters. The van der Waals surface area contributed by atoms with Crippen LogP contribution < -0.4 is 5.73 Å². The zero-order chi connectivity index (χ0) is 13.9. The molecule has 2 nitrogen and oxygen atoms in total. The monoisotopic (exact) mass is 344 g/mol. The molecule has 0 fully saturated rings. The van der Waals surface area contributed by atoms with Crippen LogP contribution >= 0.6 is 27.7 Å². The third kappa shape index (κ3) is 2.81. The lowest BCUT2D eigenvalue weighted by Gasteiger charge is -2.08. The minimum Gasteiger partial charge on any atom is -0.398 e. The fraction of sp³-hybridized carbons (Fsp3) is 0.0625. The van der Waals surface area contributed by atoms with E-state index in [9.17, 15) is 0 Å². The number of fused-ring (bicyclic) bond motifs is 1. The van der Waals surface area contributed by atoms with Crippen LogP contribution in [-0.2, 0) is 5.75 Å². The van der Waals surface area contributed by atoms with E-state index in [1.54, 1.807) is 11.8 Å². The maximum atomic E-state index is 6.01. The number of rotatable bonds is 3. The molecule has 1 heterocycles. The Balaban J connectivity index is 1.89. The van der Waals surface area contributed by atoms with Crippen LogP contribution in [0.1, 0.15) is 5.56 Å². The molecule has 4 heteroatoms. The van der Waals surface area contributed by atoms with Crippen molar-refractivity contribution < 1.29 is 0 Å². The quantitative estimate of drug-likeness (QED) is 0.544. The second kappa shape index (κ2) is 5.85. The highest BCUT2D eigenvalue weighted by Crippen LogP contribution is 2.32. The number of nitrogens with two attached hydrogens (primary N) is 1. The van der Waals surface area contributed by atoms with Crippen LogP contribution in [0.25, 0.3) is 10.9 Å². The molecule has 1 aromatic heterocycles. The van der Waals surface area contributed by atoms with Gasteiger partial charge in [0.1, 0.15) is 0 Å². The van der Waals surface area contributed by atoms with Gasteiger partial charge in [0, 0.05) is 32.4 Å². The number of halogens is 1. The summed E-state index contributed by atoms with van der Waals surface area (Å²) in [5, 5.41) is 1.20. The lowest BCUT2D eigenvalue weighted by atomic mass is 10.1. The Labute approximate surface area is 130 Å². The number of nitrogens with zero attached hydrogens (tertiary/aromatic N) is 1. The van der Waals surface area contributed by atoms with Crippen molar-refractivity contribution in [2.75, 3.05) is 5.73 Å². The molecule has 3 rings (SSSR count). The Hall–Kier alpha value is -1.52. The second-order valence-electron chi connectivity index (χ2n) is 4.46. The Morgan fingerprint density at radius 3 is 2.85 bits per heavy atom. The zero-order valence-corrected chi connectivity index (χ0v) is 13.1. The summed E-state index contributed by atoms with van der Waals surface area (Å²) in [4.78, 5) is 5.48. The highest BCUT2D eigenvalue weighted by Gasteiger charge is 2.05. The number of thioether (sulfide) groups is 1. The van der Waals surface area contributed by atoms with Crippen molar-refractivity contribution in [2.45, 2.75) is 10.6 Å². The maximum Gasteiger partial charge on any atom is 0.0705 e. The van der Waals surface area contributed by atoms with Gasteiger partial charge in [0.25, 0.3) is 0 Å². The predicted octanol–water partition coefficient (Wildman–Crippen LogP) is 4.87. The molecule has 0 aliphatic carbocycles. The molecule has 0 aliphatic rings. The lowest BCUT2D eigenvalue weighted by molar-refractivity contribution is 1.34. The number of para-hydroxylation sites is 1. The molecular formula is C16H13BrN2S. The summed E-state index contributed by atoms with van der Waals surface area (Å²) in [5.74, 6) is 0.879. The molecule has 0 spiro atoms. The number of aromatic nitrogens is 1. The highest BCUT2D eigenvalue weighted by molar-refractivity contribution is 9.10. The van der Waals surface area contributed by atoms with Gasteiger partial charge in [0.15, 0.2) is 0 Å². The fourth-order valence-corrected chi connectivity index (χ4v) is 3.59. The number of hydrogen-bond acceptors (Lipinski definition) is 3. The molecule has 0 atom stereocenters. The first kappa shape index (κ1) is 13.5. The van der Waals surface area contributed by atoms with Gasteiger partial charge in [-0.25, -0.2) is 0 Å². The van der Waals surface area contributed by atoms with E-state index in [1.165, 1.54) is 10.9 Å². The molecular weight excluding hydrogens is 332 g/mol. The first-order valence-corrected chi connectivity index (χ1v) is 8.02. The van der Waals surface area contributed by atoms with Crippen molar-refractivity contribution >= 4 is 44.3 Å². The van der Waals surface area contributed by atoms with Gasteiger partial charge in [0.05, 0.1) is 5.52 Å². The summed E-state index contributed by atoms with van der Waals surface area (Å²) in [6.45, 7) is 0. The molecule has 2 aromatic carbocycles. The third-order valence-corrected chi connectivity index (χ3v) is 4.71. The van der Waals surface area contributed by atoms with E-state index < -0.39 is 0 Å². The summed E-state index contributed by atoms with van der Waals surface area (Å²) in [5.41, 5.74) is 9.14. The van der Waals surface area contributed by atoms with Crippen LogP contribution in [0.5, 0.6) is 0 Å². The normalized spacial score (nSPS) is 10.8. The van der Waals surface area contributed by atoms with Crippen molar-refractivity contribution in [1.82, 2.24) is 4.98 Å². The minimum absolute atomic E-state index is 0.816. The number of benzene rings is 2. The Morgan fingerprint density at radius 2 is 1.95 bits per heavy atom. The summed E-state index contributed by atoms with van der Waals surface area (Å²) in [6, 6.07) is 16.2. The lowest BCUT2D eigenvalue weighted by Crippen LogP contribution is -1.90. The number of anilines is 1. The van der Waals surface area contributed by atoms with Crippen molar-refractivity contribution in [1.29, 1.82) is 0 Å². The van der Waals surface area contributed by atoms with Gasteiger partial charge in [0.2, 0.25) is 0 Å². The van der Waals surface area contributed by atoms with Crippen LogP contribution in [0.2, 0.25) is 0 Å². The second-order valence-corrected chi connectivity index (χ2v) is 6.39. The van der Waals surface area contributed by atoms with Crippen LogP contribution in [0.4, 0.5) is 5.69 Å². The summed E-state index contributed by atoms with van der Waals surface area (Å²) in [6.07, 6.45) is 1.86. The molecule has 3 aromatic rings. The summed E-state index contributed by atoms with van der Waals surface area (Å²) < 4.78 is 1.05. The molecule has 0 amide bonds. The number of hydrogen-bond donors (Lipinski definition) is 1. The molecule has 100 valence electrons. The molecule has 0 saturated heterocycles. The Bertz CT molecular complexity index is 753. The van der Waals surface area contributed by atoms with Gasteiger partial charge >= 0.3 is 0 Å². The minimum atomic E-state index is 0.816. The molecule has 20 heavy (non-hydrogen) atoms. The Morgan fingerprint density at radius 1 is 1.10 bits per heavy atom. The first-order valence-electron chi connectivity index (χ1n) is 6.24. The number of pyridine rings is 1. The van der Waals surface area contributed by atoms with Crippen LogP contribution in [0.3, 0.4) is 0 Å². The molecule has 2 N–H and O–H groups in total. The van der Waals surface area contributed by atoms with Gasteiger partial charge in [-0.1, -0.05) is 34.1 Å². The van der Waals surface area contributed by atoms with Crippen molar-refractivity contribution in [3.63, 3.8) is 0 Å². The standard InChI is InChI=1S/C16H13BrN2S/c17-12-5-6-14(18)16(9-12)20-10-11-7-8-19-15-4-2-1-3-13(11)15/h1-9H,10,18H2. The topological polar surface area (TPSA) is 38.9 Å². The van der Waals surface area contributed by atoms with E-state index in [0.717, 1.165) is 26.3 Å². The van der Waals surface area contributed by atoms with Crippen LogP contribution in [0.15, 0.2) is 64.1 Å².